The zero-order chi connectivity index (χ0) is 24.1. The Morgan fingerprint density at radius 1 is 1.06 bits per heavy atom. The van der Waals surface area contributed by atoms with E-state index in [1.807, 2.05) is 24.3 Å². The molecule has 0 bridgehead atoms. The normalized spacial score (nSPS) is 18.5. The molecule has 2 saturated heterocycles. The minimum atomic E-state index is -3.69. The van der Waals surface area contributed by atoms with E-state index in [-0.39, 0.29) is 16.8 Å². The molecule has 2 heterocycles. The molecule has 0 radical (unpaired) electrons. The Morgan fingerprint density at radius 2 is 1.74 bits per heavy atom. The van der Waals surface area contributed by atoms with Gasteiger partial charge in [-0.05, 0) is 68.2 Å². The van der Waals surface area contributed by atoms with Crippen LogP contribution in [0.3, 0.4) is 0 Å². The molecule has 2 aliphatic heterocycles. The topological polar surface area (TPSA) is 88.2 Å². The molecule has 1 N–H and O–H groups in total. The lowest BCUT2D eigenvalue weighted by Crippen LogP contribution is -2.41. The molecule has 9 heteroatoms. The van der Waals surface area contributed by atoms with E-state index in [1.54, 1.807) is 26.2 Å². The fraction of sp³-hybridized carbons (Fsp3) is 0.480. The number of morpholine rings is 1. The highest BCUT2D eigenvalue weighted by molar-refractivity contribution is 7.89. The fourth-order valence-corrected chi connectivity index (χ4v) is 6.23. The Labute approximate surface area is 201 Å². The molecule has 184 valence electrons. The van der Waals surface area contributed by atoms with Crippen molar-refractivity contribution < 1.29 is 22.7 Å². The number of amides is 1. The average molecular weight is 488 g/mol. The molecule has 0 aromatic heterocycles. The van der Waals surface area contributed by atoms with Gasteiger partial charge in [-0.3, -0.25) is 9.69 Å². The number of methoxy groups -OCH3 is 1. The van der Waals surface area contributed by atoms with Crippen LogP contribution in [-0.2, 0) is 14.8 Å². The summed E-state index contributed by atoms with van der Waals surface area (Å²) in [6, 6.07) is 12.9. The molecule has 0 saturated carbocycles. The first-order valence-electron chi connectivity index (χ1n) is 11.7. The Morgan fingerprint density at radius 3 is 2.38 bits per heavy atom. The van der Waals surface area contributed by atoms with Gasteiger partial charge in [0.2, 0.25) is 10.0 Å². The number of carbonyl (C=O) groups is 1. The molecule has 2 fully saturated rings. The molecule has 2 aliphatic rings. The molecular formula is C25H33N3O5S. The monoisotopic (exact) mass is 487 g/mol. The van der Waals surface area contributed by atoms with E-state index in [0.717, 1.165) is 37.2 Å². The Kier molecular flexibility index (Phi) is 7.88. The molecule has 1 atom stereocenters. The van der Waals surface area contributed by atoms with E-state index >= 15 is 0 Å². The fourth-order valence-electron chi connectivity index (χ4n) is 4.57. The van der Waals surface area contributed by atoms with Crippen LogP contribution < -0.4 is 10.1 Å². The van der Waals surface area contributed by atoms with E-state index in [2.05, 4.69) is 10.2 Å². The molecule has 4 rings (SSSR count). The van der Waals surface area contributed by atoms with Crippen molar-refractivity contribution in [2.45, 2.75) is 30.7 Å². The standard InChI is InChI=1S/C25H33N3O5S/c1-19-5-6-21(17-24(19)34(30,31)28-13-15-33-16-14-28)25(29)26-18-23(27-11-3-4-12-27)20-7-9-22(32-2)10-8-20/h5-10,17,23H,3-4,11-16,18H2,1-2H3,(H,26,29). The zero-order valence-corrected chi connectivity index (χ0v) is 20.6. The number of rotatable bonds is 8. The highest BCUT2D eigenvalue weighted by atomic mass is 32.2. The summed E-state index contributed by atoms with van der Waals surface area (Å²) in [5.74, 6) is 0.512. The van der Waals surface area contributed by atoms with E-state index in [0.29, 0.717) is 44.0 Å². The second kappa shape index (κ2) is 10.9. The summed E-state index contributed by atoms with van der Waals surface area (Å²) in [5, 5.41) is 3.04. The highest BCUT2D eigenvalue weighted by Gasteiger charge is 2.29. The van der Waals surface area contributed by atoms with Crippen LogP contribution in [0.2, 0.25) is 0 Å². The molecule has 34 heavy (non-hydrogen) atoms. The third-order valence-corrected chi connectivity index (χ3v) is 8.62. The van der Waals surface area contributed by atoms with Crippen LogP contribution in [0.5, 0.6) is 5.75 Å². The van der Waals surface area contributed by atoms with E-state index in [4.69, 9.17) is 9.47 Å². The maximum absolute atomic E-state index is 13.2. The lowest BCUT2D eigenvalue weighted by atomic mass is 10.0. The summed E-state index contributed by atoms with van der Waals surface area (Å²) in [7, 11) is -2.05. The Bertz CT molecular complexity index is 1090. The number of hydrogen-bond acceptors (Lipinski definition) is 6. The van der Waals surface area contributed by atoms with Crippen LogP contribution in [0.15, 0.2) is 47.4 Å². The molecule has 1 unspecified atom stereocenters. The van der Waals surface area contributed by atoms with Crippen LogP contribution in [0.1, 0.15) is 40.4 Å². The second-order valence-electron chi connectivity index (χ2n) is 8.74. The van der Waals surface area contributed by atoms with Crippen molar-refractivity contribution in [1.82, 2.24) is 14.5 Å². The van der Waals surface area contributed by atoms with Crippen molar-refractivity contribution in [1.29, 1.82) is 0 Å². The minimum absolute atomic E-state index is 0.0411. The van der Waals surface area contributed by atoms with Gasteiger partial charge in [-0.1, -0.05) is 18.2 Å². The molecule has 0 aliphatic carbocycles. The third-order valence-electron chi connectivity index (χ3n) is 6.58. The average Bonchev–Trinajstić information content (AvgIpc) is 3.40. The number of hydrogen-bond donors (Lipinski definition) is 1. The predicted octanol–water partition coefficient (Wildman–Crippen LogP) is 2.59. The van der Waals surface area contributed by atoms with Crippen molar-refractivity contribution in [3.63, 3.8) is 0 Å². The van der Waals surface area contributed by atoms with Crippen LogP contribution in [0.25, 0.3) is 0 Å². The first-order valence-corrected chi connectivity index (χ1v) is 13.2. The summed E-state index contributed by atoms with van der Waals surface area (Å²) in [6.45, 7) is 5.54. The lowest BCUT2D eigenvalue weighted by molar-refractivity contribution is 0.0730. The van der Waals surface area contributed by atoms with Crippen molar-refractivity contribution in [2.24, 2.45) is 0 Å². The summed E-state index contributed by atoms with van der Waals surface area (Å²) < 4.78 is 38.4. The first kappa shape index (κ1) is 24.7. The number of carbonyl (C=O) groups excluding carboxylic acids is 1. The molecule has 2 aromatic rings. The predicted molar refractivity (Wildman–Crippen MR) is 130 cm³/mol. The molecule has 8 nitrogen and oxygen atoms in total. The number of nitrogens with zero attached hydrogens (tertiary/aromatic N) is 2. The largest absolute Gasteiger partial charge is 0.497 e. The van der Waals surface area contributed by atoms with Gasteiger partial charge in [0.15, 0.2) is 0 Å². The Balaban J connectivity index is 1.51. The van der Waals surface area contributed by atoms with Gasteiger partial charge in [-0.2, -0.15) is 4.31 Å². The minimum Gasteiger partial charge on any atom is -0.497 e. The summed E-state index contributed by atoms with van der Waals surface area (Å²) in [4.78, 5) is 15.6. The van der Waals surface area contributed by atoms with Crippen LogP contribution in [-0.4, -0.2) is 76.6 Å². The van der Waals surface area contributed by atoms with Gasteiger partial charge in [0.25, 0.3) is 5.91 Å². The second-order valence-corrected chi connectivity index (χ2v) is 10.6. The maximum atomic E-state index is 13.2. The molecule has 0 spiro atoms. The highest BCUT2D eigenvalue weighted by Crippen LogP contribution is 2.27. The third kappa shape index (κ3) is 5.43. The number of likely N-dealkylation sites (tertiary alicyclic amines) is 1. The molecular weight excluding hydrogens is 454 g/mol. The molecule has 1 amide bonds. The summed E-state index contributed by atoms with van der Waals surface area (Å²) >= 11 is 0. The number of benzene rings is 2. The Hall–Kier alpha value is -2.46. The number of nitrogens with one attached hydrogen (secondary N) is 1. The van der Waals surface area contributed by atoms with Crippen LogP contribution >= 0.6 is 0 Å². The molecule has 2 aromatic carbocycles. The number of ether oxygens (including phenoxy) is 2. The van der Waals surface area contributed by atoms with E-state index in [9.17, 15) is 13.2 Å². The van der Waals surface area contributed by atoms with Gasteiger partial charge in [-0.15, -0.1) is 0 Å². The van der Waals surface area contributed by atoms with Crippen LogP contribution in [0, 0.1) is 6.92 Å². The van der Waals surface area contributed by atoms with Crippen LogP contribution in [0.4, 0.5) is 0 Å². The van der Waals surface area contributed by atoms with Crippen molar-refractivity contribution in [3.8, 4) is 5.75 Å². The summed E-state index contributed by atoms with van der Waals surface area (Å²) in [5.41, 5.74) is 2.08. The summed E-state index contributed by atoms with van der Waals surface area (Å²) in [6.07, 6.45) is 2.28. The van der Waals surface area contributed by atoms with Crippen molar-refractivity contribution in [3.05, 3.63) is 59.2 Å². The quantitative estimate of drug-likeness (QED) is 0.616. The van der Waals surface area contributed by atoms with Crippen molar-refractivity contribution in [2.75, 3.05) is 53.0 Å². The van der Waals surface area contributed by atoms with Gasteiger partial charge < -0.3 is 14.8 Å². The maximum Gasteiger partial charge on any atom is 0.251 e. The number of sulfonamides is 1. The van der Waals surface area contributed by atoms with Gasteiger partial charge in [0.1, 0.15) is 5.75 Å². The van der Waals surface area contributed by atoms with Gasteiger partial charge in [0.05, 0.1) is 31.3 Å². The van der Waals surface area contributed by atoms with Gasteiger partial charge in [-0.25, -0.2) is 8.42 Å². The van der Waals surface area contributed by atoms with Gasteiger partial charge >= 0.3 is 0 Å². The SMILES string of the molecule is COc1ccc(C(CNC(=O)c2ccc(C)c(S(=O)(=O)N3CCOCC3)c2)N2CCCC2)cc1. The van der Waals surface area contributed by atoms with Crippen molar-refractivity contribution >= 4 is 15.9 Å². The van der Waals surface area contributed by atoms with E-state index in [1.165, 1.54) is 10.4 Å². The first-order chi connectivity index (χ1) is 16.4. The lowest BCUT2D eigenvalue weighted by Gasteiger charge is -2.28. The van der Waals surface area contributed by atoms with E-state index < -0.39 is 10.0 Å². The smallest absolute Gasteiger partial charge is 0.251 e. The van der Waals surface area contributed by atoms with Gasteiger partial charge in [0, 0.05) is 25.2 Å². The number of aryl methyl sites for hydroxylation is 1. The zero-order valence-electron chi connectivity index (χ0n) is 19.8.